The van der Waals surface area contributed by atoms with Gasteiger partial charge in [0, 0.05) is 0 Å². The molecular formula is C2H10ClN7O3. The van der Waals surface area contributed by atoms with Crippen molar-refractivity contribution in [1.29, 1.82) is 10.8 Å². The first-order chi connectivity index (χ1) is 5.36. The van der Waals surface area contributed by atoms with Gasteiger partial charge in [0.1, 0.15) is 0 Å². The number of hydrogen-bond acceptors (Lipinski definition) is 4. The molecule has 9 N–H and O–H groups in total. The summed E-state index contributed by atoms with van der Waals surface area (Å²) in [7, 11) is 0. The number of nitrogens with one attached hydrogen (secondary N) is 4. The molecule has 0 atom stereocenters. The molecular weight excluding hydrogens is 206 g/mol. The summed E-state index contributed by atoms with van der Waals surface area (Å²) in [6.45, 7) is 0. The van der Waals surface area contributed by atoms with Gasteiger partial charge in [-0.3, -0.25) is 21.7 Å². The van der Waals surface area contributed by atoms with Crippen LogP contribution in [-0.4, -0.2) is 22.2 Å². The SMILES string of the molecule is Cl.N=C(N)NNC(=N)N.O=[N+]([O-])O. The normalized spacial score (nSPS) is 6.46. The Bertz CT molecular complexity index is 165. The summed E-state index contributed by atoms with van der Waals surface area (Å²) in [6.07, 6.45) is 0. The van der Waals surface area contributed by atoms with Crippen LogP contribution in [-0.2, 0) is 0 Å². The van der Waals surface area contributed by atoms with Gasteiger partial charge < -0.3 is 16.7 Å². The van der Waals surface area contributed by atoms with E-state index in [4.69, 9.17) is 37.6 Å². The van der Waals surface area contributed by atoms with E-state index in [9.17, 15) is 0 Å². The number of rotatable bonds is 0. The first kappa shape index (κ1) is 17.2. The second-order valence-electron chi connectivity index (χ2n) is 1.32. The van der Waals surface area contributed by atoms with Crippen LogP contribution in [0, 0.1) is 20.9 Å². The standard InChI is InChI=1S/C2H8N6.ClH.HNO3/c3-1(4)7-8-2(5)6;;2-1(3)4/h(H4,3,4,7)(H4,5,6,8);1H;(H,2,3,4). The number of nitrogens with zero attached hydrogens (tertiary/aromatic N) is 1. The fourth-order valence-electron chi connectivity index (χ4n) is 0.135. The summed E-state index contributed by atoms with van der Waals surface area (Å²) in [5.74, 6) is -0.555. The maximum absolute atomic E-state index is 8.36. The summed E-state index contributed by atoms with van der Waals surface area (Å²) >= 11 is 0. The number of nitrogens with two attached hydrogens (primary N) is 2. The van der Waals surface area contributed by atoms with Gasteiger partial charge in [0.05, 0.1) is 0 Å². The lowest BCUT2D eigenvalue weighted by molar-refractivity contribution is -0.742. The van der Waals surface area contributed by atoms with Gasteiger partial charge in [0.2, 0.25) is 11.9 Å². The van der Waals surface area contributed by atoms with Gasteiger partial charge >= 0.3 is 0 Å². The first-order valence-electron chi connectivity index (χ1n) is 2.39. The van der Waals surface area contributed by atoms with Crippen molar-refractivity contribution in [3.63, 3.8) is 0 Å². The van der Waals surface area contributed by atoms with Gasteiger partial charge in [-0.25, -0.2) is 0 Å². The minimum absolute atomic E-state index is 0. The van der Waals surface area contributed by atoms with Crippen LogP contribution >= 0.6 is 12.4 Å². The molecule has 0 bridgehead atoms. The van der Waals surface area contributed by atoms with Crippen LogP contribution < -0.4 is 22.3 Å². The number of halogens is 1. The van der Waals surface area contributed by atoms with Gasteiger partial charge in [-0.2, -0.15) is 0 Å². The predicted octanol–water partition coefficient (Wildman–Crippen LogP) is -2.06. The van der Waals surface area contributed by atoms with E-state index in [1.54, 1.807) is 0 Å². The van der Waals surface area contributed by atoms with E-state index < -0.39 is 5.09 Å². The molecule has 0 unspecified atom stereocenters. The number of guanidine groups is 2. The van der Waals surface area contributed by atoms with E-state index in [0.717, 1.165) is 0 Å². The zero-order valence-corrected chi connectivity index (χ0v) is 7.09. The average molecular weight is 216 g/mol. The van der Waals surface area contributed by atoms with Crippen LogP contribution in [0.15, 0.2) is 0 Å². The highest BCUT2D eigenvalue weighted by Crippen LogP contribution is 1.41. The van der Waals surface area contributed by atoms with Crippen molar-refractivity contribution in [2.75, 3.05) is 0 Å². The lowest BCUT2D eigenvalue weighted by Crippen LogP contribution is -2.47. The quantitative estimate of drug-likeness (QED) is 0.105. The molecule has 0 amide bonds. The van der Waals surface area contributed by atoms with E-state index >= 15 is 0 Å². The van der Waals surface area contributed by atoms with Crippen LogP contribution in [0.5, 0.6) is 0 Å². The minimum Gasteiger partial charge on any atom is -0.369 e. The molecule has 0 saturated heterocycles. The Morgan fingerprint density at radius 2 is 1.46 bits per heavy atom. The number of hydrogen-bond donors (Lipinski definition) is 7. The molecule has 0 radical (unpaired) electrons. The van der Waals surface area contributed by atoms with Crippen molar-refractivity contribution < 1.29 is 10.3 Å². The van der Waals surface area contributed by atoms with E-state index in [0.29, 0.717) is 0 Å². The third-order valence-corrected chi connectivity index (χ3v) is 0.332. The molecule has 13 heavy (non-hydrogen) atoms. The Kier molecular flexibility index (Phi) is 13.3. The van der Waals surface area contributed by atoms with Crippen molar-refractivity contribution in [3.05, 3.63) is 10.1 Å². The van der Waals surface area contributed by atoms with Gasteiger partial charge in [0.25, 0.3) is 5.09 Å². The van der Waals surface area contributed by atoms with Gasteiger partial charge in [-0.1, -0.05) is 0 Å². The van der Waals surface area contributed by atoms with Crippen molar-refractivity contribution in [1.82, 2.24) is 10.9 Å². The van der Waals surface area contributed by atoms with E-state index in [2.05, 4.69) is 10.9 Å². The summed E-state index contributed by atoms with van der Waals surface area (Å²) in [5, 5.41) is 26.7. The molecule has 0 aromatic carbocycles. The molecule has 0 spiro atoms. The third kappa shape index (κ3) is 70.4. The topological polar surface area (TPSA) is 187 Å². The molecule has 10 nitrogen and oxygen atoms in total. The summed E-state index contributed by atoms with van der Waals surface area (Å²) in [5.41, 5.74) is 13.8. The van der Waals surface area contributed by atoms with Crippen molar-refractivity contribution in [2.24, 2.45) is 11.5 Å². The van der Waals surface area contributed by atoms with E-state index in [1.165, 1.54) is 0 Å². The molecule has 0 heterocycles. The van der Waals surface area contributed by atoms with Crippen LogP contribution in [0.1, 0.15) is 0 Å². The Morgan fingerprint density at radius 1 is 1.31 bits per heavy atom. The molecule has 0 fully saturated rings. The number of hydrazine groups is 1. The summed E-state index contributed by atoms with van der Waals surface area (Å²) in [6, 6.07) is 0. The maximum Gasteiger partial charge on any atom is 0.291 e. The van der Waals surface area contributed by atoms with Crippen LogP contribution in [0.2, 0.25) is 0 Å². The lowest BCUT2D eigenvalue weighted by Gasteiger charge is -2.02. The zero-order chi connectivity index (χ0) is 10.1. The first-order valence-corrected chi connectivity index (χ1v) is 2.39. The van der Waals surface area contributed by atoms with E-state index in [-0.39, 0.29) is 24.3 Å². The molecule has 78 valence electrons. The molecule has 0 aliphatic carbocycles. The second-order valence-corrected chi connectivity index (χ2v) is 1.32. The Labute approximate surface area is 78.8 Å². The minimum atomic E-state index is -1.50. The van der Waals surface area contributed by atoms with Crippen molar-refractivity contribution in [3.8, 4) is 0 Å². The highest BCUT2D eigenvalue weighted by atomic mass is 35.5. The maximum atomic E-state index is 8.36. The second kappa shape index (κ2) is 10.0. The van der Waals surface area contributed by atoms with Crippen LogP contribution in [0.25, 0.3) is 0 Å². The fourth-order valence-corrected chi connectivity index (χ4v) is 0.135. The van der Waals surface area contributed by atoms with Crippen molar-refractivity contribution >= 4 is 24.3 Å². The average Bonchev–Trinajstić information content (AvgIpc) is 1.82. The summed E-state index contributed by atoms with van der Waals surface area (Å²) < 4.78 is 0. The summed E-state index contributed by atoms with van der Waals surface area (Å²) in [4.78, 5) is 8.36. The molecule has 0 aromatic heterocycles. The molecule has 0 aliphatic heterocycles. The molecule has 0 rings (SSSR count). The molecule has 0 saturated carbocycles. The Hall–Kier alpha value is -1.97. The fraction of sp³-hybridized carbons (Fsp3) is 0. The highest BCUT2D eigenvalue weighted by molar-refractivity contribution is 5.85. The van der Waals surface area contributed by atoms with Gasteiger partial charge in [-0.05, 0) is 0 Å². The van der Waals surface area contributed by atoms with Crippen LogP contribution in [0.3, 0.4) is 0 Å². The van der Waals surface area contributed by atoms with E-state index in [1.807, 2.05) is 0 Å². The van der Waals surface area contributed by atoms with Gasteiger partial charge in [-0.15, -0.1) is 22.5 Å². The lowest BCUT2D eigenvalue weighted by atomic mass is 11.0. The predicted molar refractivity (Wildman–Crippen MR) is 46.1 cm³/mol. The highest BCUT2D eigenvalue weighted by Gasteiger charge is 1.82. The molecule has 11 heteroatoms. The third-order valence-electron chi connectivity index (χ3n) is 0.332. The van der Waals surface area contributed by atoms with Crippen molar-refractivity contribution in [2.45, 2.75) is 0 Å². The largest absolute Gasteiger partial charge is 0.369 e. The monoisotopic (exact) mass is 215 g/mol. The molecule has 0 aromatic rings. The molecule has 0 aliphatic rings. The zero-order valence-electron chi connectivity index (χ0n) is 6.27. The van der Waals surface area contributed by atoms with Gasteiger partial charge in [0.15, 0.2) is 0 Å². The Morgan fingerprint density at radius 3 is 1.54 bits per heavy atom. The smallest absolute Gasteiger partial charge is 0.291 e. The Balaban J connectivity index is -0.000000173. The van der Waals surface area contributed by atoms with Crippen LogP contribution in [0.4, 0.5) is 0 Å².